The summed E-state index contributed by atoms with van der Waals surface area (Å²) in [7, 11) is -3.07. The predicted octanol–water partition coefficient (Wildman–Crippen LogP) is 2.12. The number of aromatic nitrogens is 1. The minimum Gasteiger partial charge on any atom is -0.340 e. The van der Waals surface area contributed by atoms with Crippen molar-refractivity contribution in [3.05, 3.63) is 52.3 Å². The highest BCUT2D eigenvalue weighted by Crippen LogP contribution is 2.23. The number of halogens is 1. The number of carbonyl (C=O) groups excluding carboxylic acids is 2. The molecule has 0 radical (unpaired) electrons. The van der Waals surface area contributed by atoms with Crippen LogP contribution in [0, 0.1) is 13.8 Å². The first-order chi connectivity index (χ1) is 13.6. The van der Waals surface area contributed by atoms with Crippen LogP contribution >= 0.6 is 11.6 Å². The normalized spacial score (nSPS) is 17.0. The Hall–Kier alpha value is -2.32. The Morgan fingerprint density at radius 1 is 1.14 bits per heavy atom. The van der Waals surface area contributed by atoms with Gasteiger partial charge in [0.05, 0.1) is 17.1 Å². The molecule has 2 heterocycles. The summed E-state index contributed by atoms with van der Waals surface area (Å²) in [6.45, 7) is 5.66. The van der Waals surface area contributed by atoms with Crippen LogP contribution in [-0.4, -0.2) is 60.3 Å². The molecule has 1 aliphatic heterocycles. The van der Waals surface area contributed by atoms with Gasteiger partial charge in [0, 0.05) is 35.2 Å². The van der Waals surface area contributed by atoms with E-state index in [2.05, 4.69) is 5.32 Å². The third kappa shape index (κ3) is 4.64. The van der Waals surface area contributed by atoms with Gasteiger partial charge >= 0.3 is 0 Å². The first-order valence-corrected chi connectivity index (χ1v) is 11.5. The molecule has 0 saturated carbocycles. The van der Waals surface area contributed by atoms with Gasteiger partial charge in [0.15, 0.2) is 9.84 Å². The van der Waals surface area contributed by atoms with Gasteiger partial charge in [-0.1, -0.05) is 17.7 Å². The first kappa shape index (κ1) is 21.4. The standard InChI is InChI=1S/C20H24ClN3O4S/c1-13-11-18(15(3)24(13)17-6-4-5-16(21)12-17)19(25)22-14(2)20(26)23-7-9-29(27,28)10-8-23/h4-6,11-12,14H,7-10H2,1-3H3,(H,22,25). The second kappa shape index (κ2) is 8.20. The Labute approximate surface area is 175 Å². The molecule has 156 valence electrons. The number of amides is 2. The van der Waals surface area contributed by atoms with E-state index in [1.165, 1.54) is 4.90 Å². The Bertz CT molecular complexity index is 1050. The lowest BCUT2D eigenvalue weighted by Gasteiger charge is -2.29. The summed E-state index contributed by atoms with van der Waals surface area (Å²) in [4.78, 5) is 26.9. The van der Waals surface area contributed by atoms with Gasteiger partial charge in [0.25, 0.3) is 5.91 Å². The zero-order valence-corrected chi connectivity index (χ0v) is 18.2. The molecule has 1 aromatic carbocycles. The minimum atomic E-state index is -3.07. The molecule has 0 aliphatic carbocycles. The predicted molar refractivity (Wildman–Crippen MR) is 112 cm³/mol. The number of hydrogen-bond donors (Lipinski definition) is 1. The molecule has 0 bridgehead atoms. The van der Waals surface area contributed by atoms with E-state index in [1.54, 1.807) is 19.1 Å². The summed E-state index contributed by atoms with van der Waals surface area (Å²) < 4.78 is 25.0. The Morgan fingerprint density at radius 2 is 1.79 bits per heavy atom. The van der Waals surface area contributed by atoms with Gasteiger partial charge < -0.3 is 14.8 Å². The summed E-state index contributed by atoms with van der Waals surface area (Å²) in [6, 6.07) is 8.37. The maximum Gasteiger partial charge on any atom is 0.253 e. The molecule has 1 N–H and O–H groups in total. The van der Waals surface area contributed by atoms with E-state index < -0.39 is 15.9 Å². The zero-order chi connectivity index (χ0) is 21.3. The smallest absolute Gasteiger partial charge is 0.253 e. The van der Waals surface area contributed by atoms with E-state index >= 15 is 0 Å². The molecule has 7 nitrogen and oxygen atoms in total. The van der Waals surface area contributed by atoms with E-state index in [0.29, 0.717) is 10.6 Å². The van der Waals surface area contributed by atoms with E-state index in [4.69, 9.17) is 11.6 Å². The van der Waals surface area contributed by atoms with Gasteiger partial charge in [-0.15, -0.1) is 0 Å². The third-order valence-corrected chi connectivity index (χ3v) is 6.96. The van der Waals surface area contributed by atoms with Crippen molar-refractivity contribution in [3.63, 3.8) is 0 Å². The highest BCUT2D eigenvalue weighted by atomic mass is 35.5. The number of sulfone groups is 1. The van der Waals surface area contributed by atoms with Crippen molar-refractivity contribution in [2.45, 2.75) is 26.8 Å². The van der Waals surface area contributed by atoms with Gasteiger partial charge in [0.2, 0.25) is 5.91 Å². The fourth-order valence-electron chi connectivity index (χ4n) is 3.55. The molecule has 1 saturated heterocycles. The maximum atomic E-state index is 12.8. The quantitative estimate of drug-likeness (QED) is 0.793. The van der Waals surface area contributed by atoms with Crippen molar-refractivity contribution in [2.75, 3.05) is 24.6 Å². The van der Waals surface area contributed by atoms with Crippen LogP contribution in [-0.2, 0) is 14.6 Å². The Balaban J connectivity index is 1.74. The zero-order valence-electron chi connectivity index (χ0n) is 16.6. The number of nitrogens with one attached hydrogen (secondary N) is 1. The second-order valence-corrected chi connectivity index (χ2v) is 10.0. The largest absolute Gasteiger partial charge is 0.340 e. The average molecular weight is 438 g/mol. The lowest BCUT2D eigenvalue weighted by atomic mass is 10.2. The SMILES string of the molecule is Cc1cc(C(=O)NC(C)C(=O)N2CCS(=O)(=O)CC2)c(C)n1-c1cccc(Cl)c1. The summed E-state index contributed by atoms with van der Waals surface area (Å²) in [5.41, 5.74) is 2.94. The Morgan fingerprint density at radius 3 is 2.41 bits per heavy atom. The summed E-state index contributed by atoms with van der Waals surface area (Å²) in [5, 5.41) is 3.34. The average Bonchev–Trinajstić information content (AvgIpc) is 2.95. The number of nitrogens with zero attached hydrogens (tertiary/aromatic N) is 2. The topological polar surface area (TPSA) is 88.5 Å². The molecular weight excluding hydrogens is 414 g/mol. The highest BCUT2D eigenvalue weighted by molar-refractivity contribution is 7.91. The number of aryl methyl sites for hydroxylation is 1. The fourth-order valence-corrected chi connectivity index (χ4v) is 4.93. The maximum absolute atomic E-state index is 12.8. The van der Waals surface area contributed by atoms with Gasteiger partial charge in [0.1, 0.15) is 6.04 Å². The van der Waals surface area contributed by atoms with Crippen LogP contribution in [0.5, 0.6) is 0 Å². The van der Waals surface area contributed by atoms with E-state index in [9.17, 15) is 18.0 Å². The molecule has 1 atom stereocenters. The van der Waals surface area contributed by atoms with Crippen molar-refractivity contribution in [1.82, 2.24) is 14.8 Å². The molecule has 9 heteroatoms. The molecule has 1 aromatic heterocycles. The van der Waals surface area contributed by atoms with E-state index in [0.717, 1.165) is 17.1 Å². The molecule has 1 unspecified atom stereocenters. The molecule has 0 spiro atoms. The van der Waals surface area contributed by atoms with Crippen LogP contribution < -0.4 is 5.32 Å². The molecule has 2 amide bonds. The summed E-state index contributed by atoms with van der Waals surface area (Å²) in [6.07, 6.45) is 0. The van der Waals surface area contributed by atoms with Crippen LogP contribution in [0.1, 0.15) is 28.7 Å². The molecule has 2 aromatic rings. The third-order valence-electron chi connectivity index (χ3n) is 5.12. The number of benzene rings is 1. The second-order valence-electron chi connectivity index (χ2n) is 7.27. The van der Waals surface area contributed by atoms with Gasteiger partial charge in [-0.3, -0.25) is 9.59 Å². The fraction of sp³-hybridized carbons (Fsp3) is 0.400. The molecule has 3 rings (SSSR count). The lowest BCUT2D eigenvalue weighted by molar-refractivity contribution is -0.132. The van der Waals surface area contributed by atoms with E-state index in [-0.39, 0.29) is 36.4 Å². The lowest BCUT2D eigenvalue weighted by Crippen LogP contribution is -2.51. The summed E-state index contributed by atoms with van der Waals surface area (Å²) in [5.74, 6) is -0.714. The van der Waals surface area contributed by atoms with Gasteiger partial charge in [-0.2, -0.15) is 0 Å². The monoisotopic (exact) mass is 437 g/mol. The number of rotatable bonds is 4. The van der Waals surface area contributed by atoms with Crippen LogP contribution in [0.4, 0.5) is 0 Å². The first-order valence-electron chi connectivity index (χ1n) is 9.34. The van der Waals surface area contributed by atoms with Crippen LogP contribution in [0.3, 0.4) is 0 Å². The highest BCUT2D eigenvalue weighted by Gasteiger charge is 2.29. The van der Waals surface area contributed by atoms with Crippen molar-refractivity contribution < 1.29 is 18.0 Å². The van der Waals surface area contributed by atoms with Crippen molar-refractivity contribution in [3.8, 4) is 5.69 Å². The van der Waals surface area contributed by atoms with Crippen molar-refractivity contribution in [1.29, 1.82) is 0 Å². The number of carbonyl (C=O) groups is 2. The van der Waals surface area contributed by atoms with Gasteiger partial charge in [-0.25, -0.2) is 8.42 Å². The van der Waals surface area contributed by atoms with Crippen molar-refractivity contribution >= 4 is 33.3 Å². The van der Waals surface area contributed by atoms with Crippen molar-refractivity contribution in [2.24, 2.45) is 0 Å². The molecular formula is C20H24ClN3O4S. The summed E-state index contributed by atoms with van der Waals surface area (Å²) >= 11 is 6.09. The molecule has 1 aliphatic rings. The molecule has 29 heavy (non-hydrogen) atoms. The van der Waals surface area contributed by atoms with Crippen LogP contribution in [0.25, 0.3) is 5.69 Å². The van der Waals surface area contributed by atoms with Crippen LogP contribution in [0.15, 0.2) is 30.3 Å². The minimum absolute atomic E-state index is 0.0415. The number of hydrogen-bond acceptors (Lipinski definition) is 4. The van der Waals surface area contributed by atoms with Gasteiger partial charge in [-0.05, 0) is 45.0 Å². The van der Waals surface area contributed by atoms with Crippen LogP contribution in [0.2, 0.25) is 5.02 Å². The molecule has 1 fully saturated rings. The van der Waals surface area contributed by atoms with E-state index in [1.807, 2.05) is 36.6 Å². The Kier molecular flexibility index (Phi) is 6.05.